The predicted molar refractivity (Wildman–Crippen MR) is 84.5 cm³/mol. The quantitative estimate of drug-likeness (QED) is 0.873. The Morgan fingerprint density at radius 1 is 1.33 bits per heavy atom. The fourth-order valence-electron chi connectivity index (χ4n) is 1.97. The average molecular weight is 347 g/mol. The van der Waals surface area contributed by atoms with Gasteiger partial charge >= 0.3 is 4.87 Å². The van der Waals surface area contributed by atoms with Gasteiger partial charge in [-0.05, 0) is 31.0 Å². The maximum atomic E-state index is 12.4. The molecule has 2 rings (SSSR count). The van der Waals surface area contributed by atoms with Crippen LogP contribution in [0.4, 0.5) is 0 Å². The van der Waals surface area contributed by atoms with Crippen molar-refractivity contribution in [2.45, 2.75) is 30.5 Å². The minimum absolute atomic E-state index is 0.0277. The molecule has 21 heavy (non-hydrogen) atoms. The Labute approximate surface area is 132 Å². The zero-order valence-electron chi connectivity index (χ0n) is 11.5. The van der Waals surface area contributed by atoms with Crippen molar-refractivity contribution in [2.75, 3.05) is 0 Å². The highest BCUT2D eigenvalue weighted by molar-refractivity contribution is 7.91. The zero-order chi connectivity index (χ0) is 15.6. The molecule has 1 unspecified atom stereocenters. The molecule has 0 aliphatic heterocycles. The lowest BCUT2D eigenvalue weighted by Crippen LogP contribution is -2.28. The molecular formula is C13H15ClN2O3S2. The van der Waals surface area contributed by atoms with E-state index in [0.29, 0.717) is 28.5 Å². The molecule has 1 heterocycles. The molecule has 1 aromatic heterocycles. The van der Waals surface area contributed by atoms with E-state index >= 15 is 0 Å². The summed E-state index contributed by atoms with van der Waals surface area (Å²) in [6.07, 6.45) is 0.583. The van der Waals surface area contributed by atoms with E-state index in [4.69, 9.17) is 11.6 Å². The van der Waals surface area contributed by atoms with Gasteiger partial charge in [0.05, 0.1) is 0 Å². The molecule has 5 nitrogen and oxygen atoms in total. The van der Waals surface area contributed by atoms with Crippen LogP contribution in [-0.2, 0) is 10.0 Å². The molecule has 1 aromatic carbocycles. The number of benzene rings is 1. The number of H-pyrrole nitrogens is 1. The summed E-state index contributed by atoms with van der Waals surface area (Å²) < 4.78 is 27.4. The van der Waals surface area contributed by atoms with Crippen LogP contribution in [0.1, 0.15) is 30.6 Å². The average Bonchev–Trinajstić information content (AvgIpc) is 2.77. The van der Waals surface area contributed by atoms with Crippen LogP contribution in [0.3, 0.4) is 0 Å². The molecule has 0 saturated heterocycles. The first-order valence-corrected chi connectivity index (χ1v) is 8.98. The summed E-state index contributed by atoms with van der Waals surface area (Å²) >= 11 is 6.52. The zero-order valence-corrected chi connectivity index (χ0v) is 13.9. The first kappa shape index (κ1) is 16.2. The van der Waals surface area contributed by atoms with Crippen LogP contribution >= 0.6 is 22.9 Å². The number of rotatable bonds is 5. The predicted octanol–water partition coefficient (Wildman–Crippen LogP) is 2.83. The number of aromatic amines is 1. The van der Waals surface area contributed by atoms with Crippen LogP contribution < -0.4 is 9.60 Å². The molecule has 0 aliphatic carbocycles. The van der Waals surface area contributed by atoms with Gasteiger partial charge < -0.3 is 4.98 Å². The van der Waals surface area contributed by atoms with E-state index in [9.17, 15) is 13.2 Å². The normalized spacial score (nSPS) is 13.3. The topological polar surface area (TPSA) is 79.0 Å². The van der Waals surface area contributed by atoms with Crippen molar-refractivity contribution in [3.8, 4) is 0 Å². The Hall–Kier alpha value is -1.15. The van der Waals surface area contributed by atoms with Crippen LogP contribution in [0.5, 0.6) is 0 Å². The standard InChI is InChI=1S/C13H15ClN2O3S2/c1-3-11(9-4-6-10(14)7-5-9)16-21(18,19)12-8(2)15-13(17)20-12/h4-7,11,16H,3H2,1-2H3,(H,15,17). The van der Waals surface area contributed by atoms with Crippen molar-refractivity contribution < 1.29 is 8.42 Å². The Kier molecular flexibility index (Phi) is 4.88. The van der Waals surface area contributed by atoms with Gasteiger partial charge in [-0.2, -0.15) is 0 Å². The molecule has 0 bridgehead atoms. The molecule has 0 radical (unpaired) electrons. The van der Waals surface area contributed by atoms with Gasteiger partial charge in [0.15, 0.2) is 4.21 Å². The summed E-state index contributed by atoms with van der Waals surface area (Å²) in [7, 11) is -3.74. The summed E-state index contributed by atoms with van der Waals surface area (Å²) in [6, 6.07) is 6.63. The fourth-order valence-corrected chi connectivity index (χ4v) is 4.72. The van der Waals surface area contributed by atoms with E-state index in [1.807, 2.05) is 6.92 Å². The maximum absolute atomic E-state index is 12.4. The number of aromatic nitrogens is 1. The van der Waals surface area contributed by atoms with Gasteiger partial charge in [-0.3, -0.25) is 4.79 Å². The molecule has 0 aliphatic rings. The van der Waals surface area contributed by atoms with E-state index in [1.54, 1.807) is 31.2 Å². The number of sulfonamides is 1. The summed E-state index contributed by atoms with van der Waals surface area (Å²) in [5.41, 5.74) is 1.18. The molecule has 0 fully saturated rings. The summed E-state index contributed by atoms with van der Waals surface area (Å²) in [6.45, 7) is 3.45. The fraction of sp³-hybridized carbons (Fsp3) is 0.308. The SMILES string of the molecule is CCC(NS(=O)(=O)c1sc(=O)[nH]c1C)c1ccc(Cl)cc1. The van der Waals surface area contributed by atoms with E-state index < -0.39 is 10.0 Å². The van der Waals surface area contributed by atoms with Crippen molar-refractivity contribution in [1.29, 1.82) is 0 Å². The molecular weight excluding hydrogens is 332 g/mol. The monoisotopic (exact) mass is 346 g/mol. The van der Waals surface area contributed by atoms with Crippen LogP contribution in [0.2, 0.25) is 5.02 Å². The Bertz CT molecular complexity index is 778. The summed E-state index contributed by atoms with van der Waals surface area (Å²) in [5, 5.41) is 0.594. The minimum Gasteiger partial charge on any atom is -0.315 e. The summed E-state index contributed by atoms with van der Waals surface area (Å²) in [5.74, 6) is 0. The van der Waals surface area contributed by atoms with Crippen molar-refractivity contribution in [2.24, 2.45) is 0 Å². The lowest BCUT2D eigenvalue weighted by molar-refractivity contribution is 0.551. The number of aryl methyl sites for hydroxylation is 1. The van der Waals surface area contributed by atoms with Crippen LogP contribution in [0.25, 0.3) is 0 Å². The third-order valence-electron chi connectivity index (χ3n) is 3.00. The van der Waals surface area contributed by atoms with Crippen molar-refractivity contribution in [1.82, 2.24) is 9.71 Å². The van der Waals surface area contributed by atoms with Gasteiger partial charge in [-0.1, -0.05) is 42.0 Å². The molecule has 0 amide bonds. The molecule has 2 N–H and O–H groups in total. The second-order valence-corrected chi connectivity index (χ2v) is 7.89. The highest BCUT2D eigenvalue weighted by Crippen LogP contribution is 2.23. The molecule has 2 aromatic rings. The first-order valence-electron chi connectivity index (χ1n) is 6.31. The molecule has 0 spiro atoms. The number of thiazole rings is 1. The van der Waals surface area contributed by atoms with Gasteiger partial charge in [-0.25, -0.2) is 13.1 Å². The number of hydrogen-bond acceptors (Lipinski definition) is 4. The van der Waals surface area contributed by atoms with Crippen LogP contribution in [0, 0.1) is 6.92 Å². The van der Waals surface area contributed by atoms with Crippen molar-refractivity contribution >= 4 is 33.0 Å². The lowest BCUT2D eigenvalue weighted by Gasteiger charge is -2.17. The highest BCUT2D eigenvalue weighted by Gasteiger charge is 2.24. The largest absolute Gasteiger partial charge is 0.315 e. The molecule has 0 saturated carbocycles. The van der Waals surface area contributed by atoms with Crippen molar-refractivity contribution in [3.63, 3.8) is 0 Å². The van der Waals surface area contributed by atoms with Gasteiger partial charge in [-0.15, -0.1) is 0 Å². The Morgan fingerprint density at radius 3 is 2.43 bits per heavy atom. The lowest BCUT2D eigenvalue weighted by atomic mass is 10.1. The minimum atomic E-state index is -3.74. The van der Waals surface area contributed by atoms with Gasteiger partial charge in [0.2, 0.25) is 0 Å². The van der Waals surface area contributed by atoms with E-state index in [2.05, 4.69) is 9.71 Å². The third-order valence-corrected chi connectivity index (χ3v) is 6.33. The first-order chi connectivity index (χ1) is 9.83. The third kappa shape index (κ3) is 3.74. The Balaban J connectivity index is 2.31. The smallest absolute Gasteiger partial charge is 0.305 e. The second kappa shape index (κ2) is 6.31. The number of halogens is 1. The van der Waals surface area contributed by atoms with Crippen LogP contribution in [0.15, 0.2) is 33.3 Å². The van der Waals surface area contributed by atoms with E-state index in [-0.39, 0.29) is 15.1 Å². The molecule has 114 valence electrons. The second-order valence-electron chi connectivity index (χ2n) is 4.56. The molecule has 1 atom stereocenters. The van der Waals surface area contributed by atoms with E-state index in [0.717, 1.165) is 5.56 Å². The van der Waals surface area contributed by atoms with Gasteiger partial charge in [0.25, 0.3) is 10.0 Å². The van der Waals surface area contributed by atoms with E-state index in [1.165, 1.54) is 0 Å². The molecule has 8 heteroatoms. The number of nitrogens with one attached hydrogen (secondary N) is 2. The van der Waals surface area contributed by atoms with Crippen molar-refractivity contribution in [3.05, 3.63) is 50.2 Å². The number of hydrogen-bond donors (Lipinski definition) is 2. The summed E-state index contributed by atoms with van der Waals surface area (Å²) in [4.78, 5) is 13.4. The maximum Gasteiger partial charge on any atom is 0.305 e. The highest BCUT2D eigenvalue weighted by atomic mass is 35.5. The van der Waals surface area contributed by atoms with Gasteiger partial charge in [0, 0.05) is 16.8 Å². The van der Waals surface area contributed by atoms with Gasteiger partial charge in [0.1, 0.15) is 0 Å². The van der Waals surface area contributed by atoms with Crippen LogP contribution in [-0.4, -0.2) is 13.4 Å². The Morgan fingerprint density at radius 2 is 1.95 bits per heavy atom.